The summed E-state index contributed by atoms with van der Waals surface area (Å²) in [5, 5.41) is 0. The molecule has 1 saturated carbocycles. The molecule has 4 nitrogen and oxygen atoms in total. The minimum Gasteiger partial charge on any atom is -0.489 e. The second-order valence-corrected chi connectivity index (χ2v) is 11.3. The molecule has 4 atom stereocenters. The van der Waals surface area contributed by atoms with Crippen molar-refractivity contribution in [1.82, 2.24) is 0 Å². The van der Waals surface area contributed by atoms with E-state index in [1.165, 1.54) is 11.1 Å². The summed E-state index contributed by atoms with van der Waals surface area (Å²) in [4.78, 5) is 0. The molecule has 0 spiro atoms. The largest absolute Gasteiger partial charge is 0.534 e. The first-order valence-corrected chi connectivity index (χ1v) is 13.0. The first-order valence-electron chi connectivity index (χ1n) is 11.6. The van der Waals surface area contributed by atoms with E-state index in [9.17, 15) is 21.6 Å². The first-order chi connectivity index (χ1) is 16.1. The Morgan fingerprint density at radius 2 is 1.85 bits per heavy atom. The number of hydrogen-bond acceptors (Lipinski definition) is 4. The lowest BCUT2D eigenvalue weighted by Crippen LogP contribution is -2.42. The van der Waals surface area contributed by atoms with Gasteiger partial charge in [-0.25, -0.2) is 0 Å². The zero-order valence-electron chi connectivity index (χ0n) is 18.8. The third kappa shape index (κ3) is 4.00. The number of halogens is 3. The zero-order valence-corrected chi connectivity index (χ0v) is 19.7. The maximum absolute atomic E-state index is 12.9. The molecule has 1 fully saturated rings. The molecule has 0 aliphatic heterocycles. The van der Waals surface area contributed by atoms with E-state index in [1.807, 2.05) is 43.3 Å². The Bertz CT molecular complexity index is 1210. The Kier molecular flexibility index (Phi) is 5.70. The van der Waals surface area contributed by atoms with Crippen LogP contribution in [0.5, 0.6) is 5.75 Å². The van der Waals surface area contributed by atoms with Gasteiger partial charge in [-0.1, -0.05) is 43.3 Å². The minimum absolute atomic E-state index is 0.0382. The number of allylic oxidation sites excluding steroid dienone is 2. The molecule has 3 aliphatic carbocycles. The van der Waals surface area contributed by atoms with Gasteiger partial charge in [-0.3, -0.25) is 0 Å². The van der Waals surface area contributed by atoms with Crippen LogP contribution in [0.25, 0.3) is 0 Å². The van der Waals surface area contributed by atoms with Gasteiger partial charge in [0.15, 0.2) is 0 Å². The number of hydrogen-bond donors (Lipinski definition) is 0. The molecule has 0 bridgehead atoms. The molecule has 8 heteroatoms. The molecule has 0 amide bonds. The predicted molar refractivity (Wildman–Crippen MR) is 121 cm³/mol. The zero-order chi connectivity index (χ0) is 24.1. The summed E-state index contributed by atoms with van der Waals surface area (Å²) >= 11 is 0. The molecular formula is C26H27F3O4S. The maximum atomic E-state index is 12.9. The van der Waals surface area contributed by atoms with Crippen molar-refractivity contribution in [2.45, 2.75) is 57.1 Å². The van der Waals surface area contributed by atoms with Crippen LogP contribution < -0.4 is 4.74 Å². The molecule has 0 aromatic heterocycles. The van der Waals surface area contributed by atoms with E-state index < -0.39 is 21.0 Å². The molecular weight excluding hydrogens is 465 g/mol. The van der Waals surface area contributed by atoms with Gasteiger partial charge in [0.05, 0.1) is 0 Å². The molecule has 2 aromatic rings. The van der Waals surface area contributed by atoms with Crippen LogP contribution in [0, 0.1) is 17.3 Å². The lowest BCUT2D eigenvalue weighted by molar-refractivity contribution is -0.0544. The highest BCUT2D eigenvalue weighted by Crippen LogP contribution is 2.61. The third-order valence-electron chi connectivity index (χ3n) is 7.94. The van der Waals surface area contributed by atoms with Crippen LogP contribution in [0.2, 0.25) is 0 Å². The van der Waals surface area contributed by atoms with Crippen molar-refractivity contribution in [3.63, 3.8) is 0 Å². The fourth-order valence-corrected chi connectivity index (χ4v) is 6.80. The summed E-state index contributed by atoms with van der Waals surface area (Å²) in [6.45, 7) is 2.36. The van der Waals surface area contributed by atoms with Crippen molar-refractivity contribution in [2.24, 2.45) is 17.3 Å². The highest BCUT2D eigenvalue weighted by atomic mass is 32.2. The van der Waals surface area contributed by atoms with Crippen LogP contribution in [0.4, 0.5) is 13.2 Å². The monoisotopic (exact) mass is 492 g/mol. The van der Waals surface area contributed by atoms with Crippen LogP contribution in [0.1, 0.15) is 55.2 Å². The molecule has 0 saturated heterocycles. The van der Waals surface area contributed by atoms with Crippen molar-refractivity contribution in [1.29, 1.82) is 0 Å². The van der Waals surface area contributed by atoms with E-state index in [1.54, 1.807) is 6.08 Å². The SMILES string of the molecule is C[C@]12CC[C@@H]3c4ccc(OCc5ccccc5)cc4CC[C@H]3[C@@H]1CC=C2OS(=O)(=O)C(F)(F)F. The molecule has 182 valence electrons. The van der Waals surface area contributed by atoms with Gasteiger partial charge in [0.1, 0.15) is 18.1 Å². The molecule has 2 aromatic carbocycles. The predicted octanol–water partition coefficient (Wildman–Crippen LogP) is 6.48. The number of ether oxygens (including phenoxy) is 1. The number of alkyl halides is 3. The van der Waals surface area contributed by atoms with E-state index in [0.717, 1.165) is 30.6 Å². The number of aryl methyl sites for hydroxylation is 1. The highest BCUT2D eigenvalue weighted by molar-refractivity contribution is 7.87. The van der Waals surface area contributed by atoms with Gasteiger partial charge in [0, 0.05) is 5.41 Å². The number of fused-ring (bicyclic) bond motifs is 5. The fourth-order valence-electron chi connectivity index (χ4n) is 6.21. The Hall–Kier alpha value is -2.48. The topological polar surface area (TPSA) is 52.6 Å². The van der Waals surface area contributed by atoms with Crippen LogP contribution in [0.15, 0.2) is 60.4 Å². The van der Waals surface area contributed by atoms with Gasteiger partial charge in [0.25, 0.3) is 0 Å². The summed E-state index contributed by atoms with van der Waals surface area (Å²) in [6.07, 6.45) is 5.24. The lowest BCUT2D eigenvalue weighted by Gasteiger charge is -2.49. The van der Waals surface area contributed by atoms with Gasteiger partial charge >= 0.3 is 15.6 Å². The summed E-state index contributed by atoms with van der Waals surface area (Å²) in [7, 11) is -5.66. The average Bonchev–Trinajstić information content (AvgIpc) is 3.13. The van der Waals surface area contributed by atoms with Crippen molar-refractivity contribution >= 4 is 10.1 Å². The Morgan fingerprint density at radius 1 is 1.09 bits per heavy atom. The van der Waals surface area contributed by atoms with Crippen LogP contribution in [-0.4, -0.2) is 13.9 Å². The standard InChI is InChI=1S/C26H27F3O4S/c1-25-14-13-21-20-10-8-19(32-16-17-5-3-2-4-6-17)15-18(20)7-9-22(21)23(25)11-12-24(25)33-34(30,31)26(27,28)29/h2-6,8,10,12,15,21-23H,7,9,11,13-14,16H2,1H3/t21-,22-,23+,25+/m1/s1. The van der Waals surface area contributed by atoms with Crippen LogP contribution >= 0.6 is 0 Å². The smallest absolute Gasteiger partial charge is 0.489 e. The molecule has 3 aliphatic rings. The summed E-state index contributed by atoms with van der Waals surface area (Å²) < 4.78 is 72.7. The van der Waals surface area contributed by atoms with Gasteiger partial charge in [0.2, 0.25) is 0 Å². The maximum Gasteiger partial charge on any atom is 0.534 e. The van der Waals surface area contributed by atoms with Crippen molar-refractivity contribution in [3.8, 4) is 5.75 Å². The van der Waals surface area contributed by atoms with E-state index >= 15 is 0 Å². The molecule has 5 rings (SSSR count). The molecule has 34 heavy (non-hydrogen) atoms. The van der Waals surface area contributed by atoms with Crippen molar-refractivity contribution in [3.05, 3.63) is 77.1 Å². The summed E-state index contributed by atoms with van der Waals surface area (Å²) in [5.74, 6) is 1.43. The van der Waals surface area contributed by atoms with E-state index in [0.29, 0.717) is 25.4 Å². The van der Waals surface area contributed by atoms with Crippen LogP contribution in [0.3, 0.4) is 0 Å². The third-order valence-corrected chi connectivity index (χ3v) is 8.90. The highest BCUT2D eigenvalue weighted by Gasteiger charge is 2.56. The van der Waals surface area contributed by atoms with Gasteiger partial charge in [-0.15, -0.1) is 0 Å². The quantitative estimate of drug-likeness (QED) is 0.354. The normalized spacial score (nSPS) is 28.4. The van der Waals surface area contributed by atoms with Crippen molar-refractivity contribution in [2.75, 3.05) is 0 Å². The summed E-state index contributed by atoms with van der Waals surface area (Å²) in [5.41, 5.74) is -2.48. The second-order valence-electron chi connectivity index (χ2n) is 9.79. The van der Waals surface area contributed by atoms with E-state index in [2.05, 4.69) is 16.3 Å². The fraction of sp³-hybridized carbons (Fsp3) is 0.462. The molecule has 0 heterocycles. The molecule has 0 unspecified atom stereocenters. The Morgan fingerprint density at radius 3 is 2.59 bits per heavy atom. The Labute approximate surface area is 197 Å². The number of benzene rings is 2. The second kappa shape index (κ2) is 8.33. The Balaban J connectivity index is 1.31. The van der Waals surface area contributed by atoms with Gasteiger partial charge in [-0.2, -0.15) is 21.6 Å². The van der Waals surface area contributed by atoms with E-state index in [-0.39, 0.29) is 17.6 Å². The number of rotatable bonds is 5. The van der Waals surface area contributed by atoms with Gasteiger partial charge in [-0.05, 0) is 84.8 Å². The van der Waals surface area contributed by atoms with Crippen molar-refractivity contribution < 1.29 is 30.5 Å². The molecule has 0 radical (unpaired) electrons. The van der Waals surface area contributed by atoms with Crippen LogP contribution in [-0.2, 0) is 27.3 Å². The summed E-state index contributed by atoms with van der Waals surface area (Å²) in [6, 6.07) is 16.2. The average molecular weight is 493 g/mol. The minimum atomic E-state index is -5.66. The van der Waals surface area contributed by atoms with Gasteiger partial charge < -0.3 is 8.92 Å². The van der Waals surface area contributed by atoms with E-state index in [4.69, 9.17) is 4.74 Å². The first kappa shape index (κ1) is 23.3. The lowest BCUT2D eigenvalue weighted by atomic mass is 9.55. The molecule has 0 N–H and O–H groups in total.